The van der Waals surface area contributed by atoms with Crippen molar-refractivity contribution in [3.63, 3.8) is 0 Å². The summed E-state index contributed by atoms with van der Waals surface area (Å²) in [5.41, 5.74) is 3.45. The van der Waals surface area contributed by atoms with E-state index in [9.17, 15) is 22.4 Å². The molecule has 21 heavy (non-hydrogen) atoms. The van der Waals surface area contributed by atoms with E-state index in [1.54, 1.807) is 0 Å². The molecular weight excluding hydrogens is 292 g/mol. The molecule has 1 heterocycles. The molecule has 0 unspecified atom stereocenters. The van der Waals surface area contributed by atoms with Gasteiger partial charge in [0, 0.05) is 6.07 Å². The van der Waals surface area contributed by atoms with Crippen LogP contribution in [0.1, 0.15) is 16.1 Å². The number of aromatic nitrogens is 1. The van der Waals surface area contributed by atoms with Crippen LogP contribution in [0.5, 0.6) is 11.6 Å². The van der Waals surface area contributed by atoms with Crippen molar-refractivity contribution >= 4 is 5.91 Å². The smallest absolute Gasteiger partial charge is 0.433 e. The number of hydrogen-bond acceptors (Lipinski definition) is 3. The van der Waals surface area contributed by atoms with E-state index in [0.717, 1.165) is 18.2 Å². The van der Waals surface area contributed by atoms with E-state index in [-0.39, 0.29) is 11.3 Å². The fourth-order valence-corrected chi connectivity index (χ4v) is 1.51. The third-order valence-electron chi connectivity index (χ3n) is 2.43. The summed E-state index contributed by atoms with van der Waals surface area (Å²) in [6.07, 6.45) is -4.71. The summed E-state index contributed by atoms with van der Waals surface area (Å²) >= 11 is 0. The quantitative estimate of drug-likeness (QED) is 0.886. The van der Waals surface area contributed by atoms with Crippen LogP contribution in [0, 0.1) is 5.82 Å². The normalized spacial score (nSPS) is 11.2. The second-order valence-corrected chi connectivity index (χ2v) is 3.97. The molecule has 1 aromatic heterocycles. The number of pyridine rings is 1. The molecular formula is C13H8F4N2O2. The van der Waals surface area contributed by atoms with E-state index in [1.807, 2.05) is 0 Å². The van der Waals surface area contributed by atoms with Gasteiger partial charge in [0.25, 0.3) is 5.91 Å². The van der Waals surface area contributed by atoms with Gasteiger partial charge in [-0.3, -0.25) is 4.79 Å². The first-order valence-electron chi connectivity index (χ1n) is 5.59. The highest BCUT2D eigenvalue weighted by Gasteiger charge is 2.33. The predicted molar refractivity (Wildman–Crippen MR) is 64.2 cm³/mol. The van der Waals surface area contributed by atoms with Crippen LogP contribution in [0.15, 0.2) is 36.4 Å². The number of halogens is 4. The van der Waals surface area contributed by atoms with Gasteiger partial charge in [-0.1, -0.05) is 6.07 Å². The van der Waals surface area contributed by atoms with E-state index in [2.05, 4.69) is 4.98 Å². The number of nitrogens with two attached hydrogens (primary N) is 1. The number of hydrogen-bond donors (Lipinski definition) is 1. The number of amides is 1. The van der Waals surface area contributed by atoms with Gasteiger partial charge in [-0.2, -0.15) is 13.2 Å². The minimum Gasteiger partial charge on any atom is -0.438 e. The molecule has 1 aromatic carbocycles. The second-order valence-electron chi connectivity index (χ2n) is 3.97. The minimum absolute atomic E-state index is 0.107. The molecule has 0 aliphatic rings. The summed E-state index contributed by atoms with van der Waals surface area (Å²) < 4.78 is 55.9. The molecule has 8 heteroatoms. The third-order valence-corrected chi connectivity index (χ3v) is 2.43. The van der Waals surface area contributed by atoms with E-state index in [4.69, 9.17) is 10.5 Å². The molecule has 2 rings (SSSR count). The predicted octanol–water partition coefficient (Wildman–Crippen LogP) is 3.13. The first kappa shape index (κ1) is 14.8. The van der Waals surface area contributed by atoms with Crippen LogP contribution in [-0.2, 0) is 6.18 Å². The summed E-state index contributed by atoms with van der Waals surface area (Å²) in [6.45, 7) is 0. The van der Waals surface area contributed by atoms with Gasteiger partial charge < -0.3 is 10.5 Å². The molecule has 2 aromatic rings. The SMILES string of the molecule is NC(=O)c1ccc(C(F)(F)F)nc1Oc1cccc(F)c1. The van der Waals surface area contributed by atoms with Crippen LogP contribution in [0.25, 0.3) is 0 Å². The standard InChI is InChI=1S/C13H8F4N2O2/c14-7-2-1-3-8(6-7)21-12-9(11(18)20)4-5-10(19-12)13(15,16)17/h1-6H,(H2,18,20). The molecule has 2 N–H and O–H groups in total. The number of primary amides is 1. The van der Waals surface area contributed by atoms with Crippen molar-refractivity contribution in [1.29, 1.82) is 0 Å². The Balaban J connectivity index is 2.46. The zero-order valence-corrected chi connectivity index (χ0v) is 10.3. The van der Waals surface area contributed by atoms with Crippen molar-refractivity contribution in [2.45, 2.75) is 6.18 Å². The Hall–Kier alpha value is -2.64. The molecule has 0 radical (unpaired) electrons. The van der Waals surface area contributed by atoms with Crippen LogP contribution in [0.2, 0.25) is 0 Å². The van der Waals surface area contributed by atoms with Gasteiger partial charge in [0.2, 0.25) is 5.88 Å². The molecule has 0 bridgehead atoms. The summed E-state index contributed by atoms with van der Waals surface area (Å²) in [4.78, 5) is 14.4. The number of ether oxygens (including phenoxy) is 1. The molecule has 0 aliphatic carbocycles. The first-order chi connectivity index (χ1) is 9.77. The maximum absolute atomic E-state index is 13.0. The maximum atomic E-state index is 13.0. The zero-order valence-electron chi connectivity index (χ0n) is 10.3. The van der Waals surface area contributed by atoms with E-state index in [1.165, 1.54) is 12.1 Å². The van der Waals surface area contributed by atoms with Crippen LogP contribution in [0.4, 0.5) is 17.6 Å². The van der Waals surface area contributed by atoms with Crippen molar-refractivity contribution in [2.24, 2.45) is 5.73 Å². The van der Waals surface area contributed by atoms with Crippen LogP contribution >= 0.6 is 0 Å². The Labute approximate surface area is 116 Å². The van der Waals surface area contributed by atoms with Crippen molar-refractivity contribution < 1.29 is 27.1 Å². The molecule has 0 aliphatic heterocycles. The van der Waals surface area contributed by atoms with Crippen LogP contribution in [0.3, 0.4) is 0 Å². The zero-order chi connectivity index (χ0) is 15.6. The van der Waals surface area contributed by atoms with Crippen LogP contribution in [-0.4, -0.2) is 10.9 Å². The highest BCUT2D eigenvalue weighted by atomic mass is 19.4. The van der Waals surface area contributed by atoms with Gasteiger partial charge in [-0.15, -0.1) is 0 Å². The second kappa shape index (κ2) is 5.39. The molecule has 0 atom stereocenters. The molecule has 1 amide bonds. The van der Waals surface area contributed by atoms with Gasteiger partial charge in [-0.25, -0.2) is 9.37 Å². The number of rotatable bonds is 3. The lowest BCUT2D eigenvalue weighted by Gasteiger charge is -2.11. The van der Waals surface area contributed by atoms with Gasteiger partial charge in [0.05, 0.1) is 0 Å². The molecule has 4 nitrogen and oxygen atoms in total. The number of benzene rings is 1. The summed E-state index contributed by atoms with van der Waals surface area (Å²) in [7, 11) is 0. The molecule has 110 valence electrons. The molecule has 0 saturated heterocycles. The third kappa shape index (κ3) is 3.47. The monoisotopic (exact) mass is 300 g/mol. The summed E-state index contributed by atoms with van der Waals surface area (Å²) in [5, 5.41) is 0. The van der Waals surface area contributed by atoms with E-state index >= 15 is 0 Å². The largest absolute Gasteiger partial charge is 0.438 e. The topological polar surface area (TPSA) is 65.2 Å². The molecule has 0 spiro atoms. The van der Waals surface area contributed by atoms with Gasteiger partial charge in [0.1, 0.15) is 22.8 Å². The minimum atomic E-state index is -4.71. The Kier molecular flexibility index (Phi) is 3.79. The highest BCUT2D eigenvalue weighted by molar-refractivity contribution is 5.95. The highest BCUT2D eigenvalue weighted by Crippen LogP contribution is 2.31. The fraction of sp³-hybridized carbons (Fsp3) is 0.0769. The number of alkyl halides is 3. The van der Waals surface area contributed by atoms with Crippen molar-refractivity contribution in [2.75, 3.05) is 0 Å². The number of carbonyl (C=O) groups is 1. The van der Waals surface area contributed by atoms with E-state index in [0.29, 0.717) is 6.07 Å². The first-order valence-corrected chi connectivity index (χ1v) is 5.59. The lowest BCUT2D eigenvalue weighted by molar-refractivity contribution is -0.141. The maximum Gasteiger partial charge on any atom is 0.433 e. The van der Waals surface area contributed by atoms with Crippen molar-refractivity contribution in [1.82, 2.24) is 4.98 Å². The molecule has 0 fully saturated rings. The van der Waals surface area contributed by atoms with Crippen molar-refractivity contribution in [3.05, 3.63) is 53.5 Å². The number of nitrogens with zero attached hydrogens (tertiary/aromatic N) is 1. The van der Waals surface area contributed by atoms with Crippen LogP contribution < -0.4 is 10.5 Å². The fourth-order valence-electron chi connectivity index (χ4n) is 1.51. The lowest BCUT2D eigenvalue weighted by Crippen LogP contribution is -2.16. The average molecular weight is 300 g/mol. The Bertz CT molecular complexity index is 686. The van der Waals surface area contributed by atoms with Gasteiger partial charge in [0.15, 0.2) is 0 Å². The Morgan fingerprint density at radius 2 is 1.90 bits per heavy atom. The van der Waals surface area contributed by atoms with E-state index < -0.39 is 29.5 Å². The average Bonchev–Trinajstić information content (AvgIpc) is 2.37. The lowest BCUT2D eigenvalue weighted by atomic mass is 10.2. The van der Waals surface area contributed by atoms with Gasteiger partial charge >= 0.3 is 6.18 Å². The summed E-state index contributed by atoms with van der Waals surface area (Å²) in [6, 6.07) is 6.12. The van der Waals surface area contributed by atoms with Gasteiger partial charge in [-0.05, 0) is 24.3 Å². The number of carbonyl (C=O) groups excluding carboxylic acids is 1. The Morgan fingerprint density at radius 1 is 1.19 bits per heavy atom. The summed E-state index contributed by atoms with van der Waals surface area (Å²) in [5.74, 6) is -2.41. The Morgan fingerprint density at radius 3 is 2.48 bits per heavy atom. The molecule has 0 saturated carbocycles. The van der Waals surface area contributed by atoms with Crippen molar-refractivity contribution in [3.8, 4) is 11.6 Å².